The summed E-state index contributed by atoms with van der Waals surface area (Å²) in [6.07, 6.45) is 1.50. The molecule has 26 heavy (non-hydrogen) atoms. The fraction of sp³-hybridized carbons (Fsp3) is 0.526. The molecule has 1 aliphatic heterocycles. The fourth-order valence-corrected chi connectivity index (χ4v) is 3.20. The first-order valence-electron chi connectivity index (χ1n) is 8.93. The minimum atomic E-state index is -0.358. The van der Waals surface area contributed by atoms with Crippen LogP contribution in [0.25, 0.3) is 5.69 Å². The van der Waals surface area contributed by atoms with Crippen molar-refractivity contribution < 1.29 is 13.9 Å². The average molecular weight is 360 g/mol. The monoisotopic (exact) mass is 360 g/mol. The van der Waals surface area contributed by atoms with Crippen molar-refractivity contribution in [2.75, 3.05) is 6.61 Å². The van der Waals surface area contributed by atoms with Gasteiger partial charge in [0.15, 0.2) is 0 Å². The molecule has 0 spiro atoms. The molecule has 0 radical (unpaired) electrons. The minimum absolute atomic E-state index is 0.0230. The van der Waals surface area contributed by atoms with Crippen LogP contribution in [-0.2, 0) is 4.74 Å². The van der Waals surface area contributed by atoms with Gasteiger partial charge in [0.1, 0.15) is 11.6 Å². The third kappa shape index (κ3) is 4.09. The van der Waals surface area contributed by atoms with Crippen LogP contribution in [0.15, 0.2) is 24.3 Å². The second kappa shape index (κ2) is 7.15. The van der Waals surface area contributed by atoms with Crippen LogP contribution in [-0.4, -0.2) is 38.9 Å². The van der Waals surface area contributed by atoms with E-state index in [1.54, 1.807) is 12.1 Å². The van der Waals surface area contributed by atoms with Gasteiger partial charge in [-0.05, 0) is 44.9 Å². The molecule has 1 amide bonds. The Morgan fingerprint density at radius 1 is 1.42 bits per heavy atom. The van der Waals surface area contributed by atoms with Crippen molar-refractivity contribution in [2.24, 2.45) is 0 Å². The molecule has 0 saturated carbocycles. The van der Waals surface area contributed by atoms with Gasteiger partial charge in [0.05, 0.1) is 11.3 Å². The second-order valence-electron chi connectivity index (χ2n) is 7.61. The number of nitrogens with one attached hydrogen (secondary N) is 1. The maximum absolute atomic E-state index is 13.6. The highest BCUT2D eigenvalue weighted by Crippen LogP contribution is 2.24. The van der Waals surface area contributed by atoms with E-state index < -0.39 is 0 Å². The molecule has 1 fully saturated rings. The fourth-order valence-electron chi connectivity index (χ4n) is 3.20. The highest BCUT2D eigenvalue weighted by molar-refractivity contribution is 5.90. The zero-order valence-corrected chi connectivity index (χ0v) is 15.6. The van der Waals surface area contributed by atoms with Gasteiger partial charge in [0.2, 0.25) is 5.82 Å². The first kappa shape index (κ1) is 18.5. The predicted molar refractivity (Wildman–Crippen MR) is 95.9 cm³/mol. The van der Waals surface area contributed by atoms with E-state index in [2.05, 4.69) is 15.4 Å². The first-order valence-corrected chi connectivity index (χ1v) is 8.93. The van der Waals surface area contributed by atoms with Crippen LogP contribution >= 0.6 is 0 Å². The Morgan fingerprint density at radius 3 is 2.85 bits per heavy atom. The summed E-state index contributed by atoms with van der Waals surface area (Å²) in [5, 5.41) is 7.34. The number of aromatic nitrogens is 3. The van der Waals surface area contributed by atoms with E-state index in [-0.39, 0.29) is 35.1 Å². The highest BCUT2D eigenvalue weighted by Gasteiger charge is 2.31. The lowest BCUT2D eigenvalue weighted by Crippen LogP contribution is -2.46. The summed E-state index contributed by atoms with van der Waals surface area (Å²) < 4.78 is 20.8. The molecule has 1 unspecified atom stereocenters. The van der Waals surface area contributed by atoms with Crippen molar-refractivity contribution in [1.82, 2.24) is 20.1 Å². The molecule has 6 nitrogen and oxygen atoms in total. The lowest BCUT2D eigenvalue weighted by molar-refractivity contribution is -0.0615. The van der Waals surface area contributed by atoms with Crippen molar-refractivity contribution in [3.05, 3.63) is 41.7 Å². The Morgan fingerprint density at radius 2 is 2.19 bits per heavy atom. The molecule has 3 rings (SSSR count). The Hall–Kier alpha value is -2.28. The summed E-state index contributed by atoms with van der Waals surface area (Å²) in [5.74, 6) is 0.0811. The Labute approximate surface area is 152 Å². The Bertz CT molecular complexity index is 801. The van der Waals surface area contributed by atoms with Crippen molar-refractivity contribution in [1.29, 1.82) is 0 Å². The van der Waals surface area contributed by atoms with E-state index in [0.717, 1.165) is 12.8 Å². The van der Waals surface area contributed by atoms with Crippen molar-refractivity contribution in [2.45, 2.75) is 58.1 Å². The smallest absolute Gasteiger partial charge is 0.291 e. The molecule has 0 aliphatic carbocycles. The van der Waals surface area contributed by atoms with Gasteiger partial charge in [-0.25, -0.2) is 14.1 Å². The number of amides is 1. The third-order valence-corrected chi connectivity index (χ3v) is 4.44. The lowest BCUT2D eigenvalue weighted by Gasteiger charge is -2.35. The number of hydrogen-bond acceptors (Lipinski definition) is 4. The molecular formula is C19H25FN4O2. The number of carbonyl (C=O) groups is 1. The first-order chi connectivity index (χ1) is 12.2. The molecule has 7 heteroatoms. The maximum atomic E-state index is 13.6. The summed E-state index contributed by atoms with van der Waals surface area (Å²) in [5.41, 5.74) is 0.292. The molecular weight excluding hydrogens is 335 g/mol. The van der Waals surface area contributed by atoms with Crippen LogP contribution < -0.4 is 5.32 Å². The molecule has 1 aliphatic rings. The van der Waals surface area contributed by atoms with E-state index in [1.807, 2.05) is 27.7 Å². The molecule has 1 saturated heterocycles. The number of carbonyl (C=O) groups excluding carboxylic acids is 1. The molecule has 1 aromatic heterocycles. The number of hydrogen-bond donors (Lipinski definition) is 1. The number of nitrogens with zero attached hydrogens (tertiary/aromatic N) is 3. The van der Waals surface area contributed by atoms with Crippen molar-refractivity contribution >= 4 is 5.91 Å². The average Bonchev–Trinajstić information content (AvgIpc) is 2.99. The van der Waals surface area contributed by atoms with E-state index >= 15 is 0 Å². The standard InChI is InChI=1S/C19H25FN4O2/c1-12(2)17-22-16(23-24(17)15-7-5-6-13(20)10-15)18(25)21-14-8-9-26-19(3,4)11-14/h5-7,10,12,14H,8-9,11H2,1-4H3,(H,21,25). The zero-order valence-electron chi connectivity index (χ0n) is 15.6. The van der Waals surface area contributed by atoms with Crippen LogP contribution in [0, 0.1) is 5.82 Å². The molecule has 1 atom stereocenters. The molecule has 0 bridgehead atoms. The van der Waals surface area contributed by atoms with Crippen LogP contribution in [0.3, 0.4) is 0 Å². The third-order valence-electron chi connectivity index (χ3n) is 4.44. The predicted octanol–water partition coefficient (Wildman–Crippen LogP) is 3.22. The van der Waals surface area contributed by atoms with Crippen molar-refractivity contribution in [3.63, 3.8) is 0 Å². The highest BCUT2D eigenvalue weighted by atomic mass is 19.1. The lowest BCUT2D eigenvalue weighted by atomic mass is 9.94. The van der Waals surface area contributed by atoms with E-state index in [1.165, 1.54) is 16.8 Å². The molecule has 2 heterocycles. The quantitative estimate of drug-likeness (QED) is 0.909. The van der Waals surface area contributed by atoms with Gasteiger partial charge in [0, 0.05) is 18.6 Å². The number of ether oxygens (including phenoxy) is 1. The van der Waals surface area contributed by atoms with Gasteiger partial charge in [-0.3, -0.25) is 4.79 Å². The van der Waals surface area contributed by atoms with Crippen molar-refractivity contribution in [3.8, 4) is 5.69 Å². The van der Waals surface area contributed by atoms with Crippen LogP contribution in [0.5, 0.6) is 0 Å². The van der Waals surface area contributed by atoms with Gasteiger partial charge >= 0.3 is 0 Å². The summed E-state index contributed by atoms with van der Waals surface area (Å²) in [6.45, 7) is 8.56. The molecule has 1 N–H and O–H groups in total. The summed E-state index contributed by atoms with van der Waals surface area (Å²) in [7, 11) is 0. The topological polar surface area (TPSA) is 69.0 Å². The van der Waals surface area contributed by atoms with Crippen LogP contribution in [0.2, 0.25) is 0 Å². The normalized spacial score (nSPS) is 19.5. The minimum Gasteiger partial charge on any atom is -0.375 e. The van der Waals surface area contributed by atoms with Gasteiger partial charge in [-0.15, -0.1) is 5.10 Å². The molecule has 140 valence electrons. The van der Waals surface area contributed by atoms with E-state index in [4.69, 9.17) is 4.74 Å². The second-order valence-corrected chi connectivity index (χ2v) is 7.61. The van der Waals surface area contributed by atoms with Gasteiger partial charge in [-0.1, -0.05) is 19.9 Å². The summed E-state index contributed by atoms with van der Waals surface area (Å²) >= 11 is 0. The SMILES string of the molecule is CC(C)c1nc(C(=O)NC2CCOC(C)(C)C2)nn1-c1cccc(F)c1. The van der Waals surface area contributed by atoms with E-state index in [0.29, 0.717) is 18.1 Å². The maximum Gasteiger partial charge on any atom is 0.291 e. The zero-order chi connectivity index (χ0) is 18.9. The molecule has 2 aromatic rings. The number of halogens is 1. The number of benzene rings is 1. The van der Waals surface area contributed by atoms with Gasteiger partial charge < -0.3 is 10.1 Å². The largest absolute Gasteiger partial charge is 0.375 e. The van der Waals surface area contributed by atoms with Crippen LogP contribution in [0.4, 0.5) is 4.39 Å². The molecule has 1 aromatic carbocycles. The van der Waals surface area contributed by atoms with Gasteiger partial charge in [-0.2, -0.15) is 0 Å². The summed E-state index contributed by atoms with van der Waals surface area (Å²) in [6, 6.07) is 6.13. The van der Waals surface area contributed by atoms with Crippen LogP contribution in [0.1, 0.15) is 62.9 Å². The summed E-state index contributed by atoms with van der Waals surface area (Å²) in [4.78, 5) is 17.0. The van der Waals surface area contributed by atoms with E-state index in [9.17, 15) is 9.18 Å². The number of rotatable bonds is 4. The Kier molecular flexibility index (Phi) is 5.09. The Balaban J connectivity index is 1.84. The van der Waals surface area contributed by atoms with Gasteiger partial charge in [0.25, 0.3) is 5.91 Å².